The van der Waals surface area contributed by atoms with E-state index in [0.29, 0.717) is 5.92 Å². The molecule has 1 aromatic carbocycles. The summed E-state index contributed by atoms with van der Waals surface area (Å²) in [7, 11) is 3.82. The smallest absolute Gasteiger partial charge is 0.120 e. The van der Waals surface area contributed by atoms with Crippen molar-refractivity contribution in [3.63, 3.8) is 0 Å². The van der Waals surface area contributed by atoms with Gasteiger partial charge in [-0.3, -0.25) is 0 Å². The molecule has 0 aromatic heterocycles. The first-order valence-corrected chi connectivity index (χ1v) is 6.23. The molecule has 96 valence electrons. The summed E-state index contributed by atoms with van der Waals surface area (Å²) in [5, 5.41) is 3.38. The molecule has 1 rings (SSSR count). The molecule has 0 fully saturated rings. The van der Waals surface area contributed by atoms with Gasteiger partial charge in [0.1, 0.15) is 5.75 Å². The zero-order valence-electron chi connectivity index (χ0n) is 11.4. The largest absolute Gasteiger partial charge is 0.497 e. The number of anilines is 1. The van der Waals surface area contributed by atoms with Crippen LogP contribution in [0.3, 0.4) is 0 Å². The highest BCUT2D eigenvalue weighted by Gasteiger charge is 2.07. The van der Waals surface area contributed by atoms with E-state index >= 15 is 0 Å². The minimum atomic E-state index is 0.631. The van der Waals surface area contributed by atoms with Gasteiger partial charge in [0.2, 0.25) is 0 Å². The molecule has 3 heteroatoms. The molecular formula is C14H24N2O. The summed E-state index contributed by atoms with van der Waals surface area (Å²) in [5.41, 5.74) is 1.20. The number of methoxy groups -OCH3 is 1. The topological polar surface area (TPSA) is 24.5 Å². The number of benzene rings is 1. The molecule has 0 bridgehead atoms. The molecule has 0 amide bonds. The lowest BCUT2D eigenvalue weighted by Gasteiger charge is -2.24. The summed E-state index contributed by atoms with van der Waals surface area (Å²) in [6.45, 7) is 7.54. The first kappa shape index (κ1) is 13.8. The van der Waals surface area contributed by atoms with Gasteiger partial charge in [-0.2, -0.15) is 0 Å². The molecule has 0 aliphatic rings. The van der Waals surface area contributed by atoms with Crippen molar-refractivity contribution in [2.24, 2.45) is 5.92 Å². The first-order chi connectivity index (χ1) is 8.17. The summed E-state index contributed by atoms with van der Waals surface area (Å²) < 4.78 is 5.24. The Bertz CT molecular complexity index is 328. The zero-order valence-corrected chi connectivity index (χ0v) is 11.4. The molecule has 0 spiro atoms. The molecule has 17 heavy (non-hydrogen) atoms. The van der Waals surface area contributed by atoms with Crippen LogP contribution >= 0.6 is 0 Å². The second-order valence-electron chi connectivity index (χ2n) is 4.49. The Labute approximate surface area is 105 Å². The summed E-state index contributed by atoms with van der Waals surface area (Å²) in [6, 6.07) is 8.18. The van der Waals surface area contributed by atoms with Crippen molar-refractivity contribution in [1.29, 1.82) is 0 Å². The molecule has 3 nitrogen and oxygen atoms in total. The summed E-state index contributed by atoms with van der Waals surface area (Å²) in [5.74, 6) is 1.54. The van der Waals surface area contributed by atoms with Gasteiger partial charge in [0, 0.05) is 25.3 Å². The van der Waals surface area contributed by atoms with Crippen molar-refractivity contribution < 1.29 is 4.74 Å². The lowest BCUT2D eigenvalue weighted by atomic mass is 10.1. The van der Waals surface area contributed by atoms with Gasteiger partial charge in [0.05, 0.1) is 7.11 Å². The predicted octanol–water partition coefficient (Wildman–Crippen LogP) is 2.38. The van der Waals surface area contributed by atoms with Gasteiger partial charge in [0.15, 0.2) is 0 Å². The Hall–Kier alpha value is -1.22. The third-order valence-corrected chi connectivity index (χ3v) is 2.82. The van der Waals surface area contributed by atoms with Crippen LogP contribution in [0, 0.1) is 5.92 Å². The lowest BCUT2D eigenvalue weighted by molar-refractivity contribution is 0.414. The van der Waals surface area contributed by atoms with Crippen molar-refractivity contribution >= 4 is 5.69 Å². The minimum Gasteiger partial charge on any atom is -0.497 e. The van der Waals surface area contributed by atoms with Gasteiger partial charge in [-0.05, 0) is 31.1 Å². The van der Waals surface area contributed by atoms with E-state index in [0.717, 1.165) is 25.4 Å². The quantitative estimate of drug-likeness (QED) is 0.786. The molecule has 0 aliphatic heterocycles. The average Bonchev–Trinajstić information content (AvgIpc) is 2.36. The standard InChI is InChI=1S/C14H24N2O/c1-5-15-10-12(2)11-16(3)13-7-6-8-14(9-13)17-4/h6-9,12,15H,5,10-11H2,1-4H3. The van der Waals surface area contributed by atoms with Crippen molar-refractivity contribution in [3.8, 4) is 5.75 Å². The van der Waals surface area contributed by atoms with Gasteiger partial charge in [-0.15, -0.1) is 0 Å². The maximum atomic E-state index is 5.24. The molecule has 0 radical (unpaired) electrons. The van der Waals surface area contributed by atoms with E-state index in [4.69, 9.17) is 4.74 Å². The Morgan fingerprint density at radius 1 is 1.41 bits per heavy atom. The van der Waals surface area contributed by atoms with E-state index in [9.17, 15) is 0 Å². The summed E-state index contributed by atoms with van der Waals surface area (Å²) in [6.07, 6.45) is 0. The van der Waals surface area contributed by atoms with E-state index in [1.165, 1.54) is 5.69 Å². The molecule has 0 saturated carbocycles. The molecule has 1 N–H and O–H groups in total. The fourth-order valence-electron chi connectivity index (χ4n) is 1.88. The lowest BCUT2D eigenvalue weighted by Crippen LogP contribution is -2.30. The zero-order chi connectivity index (χ0) is 12.7. The van der Waals surface area contributed by atoms with Crippen LogP contribution in [0.2, 0.25) is 0 Å². The molecule has 1 unspecified atom stereocenters. The van der Waals surface area contributed by atoms with Crippen LogP contribution in [-0.4, -0.2) is 33.8 Å². The number of nitrogens with zero attached hydrogens (tertiary/aromatic N) is 1. The van der Waals surface area contributed by atoms with E-state index in [1.807, 2.05) is 12.1 Å². The van der Waals surface area contributed by atoms with Gasteiger partial charge >= 0.3 is 0 Å². The van der Waals surface area contributed by atoms with E-state index in [1.54, 1.807) is 7.11 Å². The van der Waals surface area contributed by atoms with Gasteiger partial charge in [-0.25, -0.2) is 0 Å². The van der Waals surface area contributed by atoms with Gasteiger partial charge in [-0.1, -0.05) is 19.9 Å². The van der Waals surface area contributed by atoms with E-state index < -0.39 is 0 Å². The Morgan fingerprint density at radius 3 is 2.82 bits per heavy atom. The highest BCUT2D eigenvalue weighted by atomic mass is 16.5. The van der Waals surface area contributed by atoms with E-state index in [-0.39, 0.29) is 0 Å². The van der Waals surface area contributed by atoms with Crippen LogP contribution < -0.4 is 15.0 Å². The average molecular weight is 236 g/mol. The van der Waals surface area contributed by atoms with Crippen LogP contribution in [0.5, 0.6) is 5.75 Å². The fraction of sp³-hybridized carbons (Fsp3) is 0.571. The molecule has 0 saturated heterocycles. The van der Waals surface area contributed by atoms with E-state index in [2.05, 4.69) is 43.2 Å². The third kappa shape index (κ3) is 4.65. The number of nitrogens with one attached hydrogen (secondary N) is 1. The summed E-state index contributed by atoms with van der Waals surface area (Å²) in [4.78, 5) is 2.27. The number of ether oxygens (including phenoxy) is 1. The number of rotatable bonds is 7. The number of hydrogen-bond acceptors (Lipinski definition) is 3. The van der Waals surface area contributed by atoms with Crippen molar-refractivity contribution in [1.82, 2.24) is 5.32 Å². The maximum absolute atomic E-state index is 5.24. The highest BCUT2D eigenvalue weighted by molar-refractivity contribution is 5.50. The Kier molecular flexibility index (Phi) is 5.84. The van der Waals surface area contributed by atoms with Crippen LogP contribution in [0.4, 0.5) is 5.69 Å². The summed E-state index contributed by atoms with van der Waals surface area (Å²) >= 11 is 0. The van der Waals surface area contributed by atoms with Crippen LogP contribution in [0.15, 0.2) is 24.3 Å². The van der Waals surface area contributed by atoms with Crippen molar-refractivity contribution in [2.45, 2.75) is 13.8 Å². The number of hydrogen-bond donors (Lipinski definition) is 1. The monoisotopic (exact) mass is 236 g/mol. The maximum Gasteiger partial charge on any atom is 0.120 e. The fourth-order valence-corrected chi connectivity index (χ4v) is 1.88. The molecular weight excluding hydrogens is 212 g/mol. The molecule has 0 heterocycles. The van der Waals surface area contributed by atoms with Crippen molar-refractivity contribution in [2.75, 3.05) is 38.7 Å². The highest BCUT2D eigenvalue weighted by Crippen LogP contribution is 2.20. The normalized spacial score (nSPS) is 12.2. The third-order valence-electron chi connectivity index (χ3n) is 2.82. The van der Waals surface area contributed by atoms with Crippen LogP contribution in [0.1, 0.15) is 13.8 Å². The first-order valence-electron chi connectivity index (χ1n) is 6.23. The Morgan fingerprint density at radius 2 is 2.18 bits per heavy atom. The second kappa shape index (κ2) is 7.17. The second-order valence-corrected chi connectivity index (χ2v) is 4.49. The predicted molar refractivity (Wildman–Crippen MR) is 74.0 cm³/mol. The minimum absolute atomic E-state index is 0.631. The van der Waals surface area contributed by atoms with Crippen molar-refractivity contribution in [3.05, 3.63) is 24.3 Å². The SMILES string of the molecule is CCNCC(C)CN(C)c1cccc(OC)c1. The Balaban J connectivity index is 2.53. The van der Waals surface area contributed by atoms with Crippen LogP contribution in [-0.2, 0) is 0 Å². The molecule has 0 aliphatic carbocycles. The van der Waals surface area contributed by atoms with Gasteiger partial charge in [0.25, 0.3) is 0 Å². The molecule has 1 aromatic rings. The van der Waals surface area contributed by atoms with Gasteiger partial charge < -0.3 is 15.0 Å². The van der Waals surface area contributed by atoms with Crippen LogP contribution in [0.25, 0.3) is 0 Å². The molecule has 1 atom stereocenters.